The third-order valence-electron chi connectivity index (χ3n) is 6.42. The van der Waals surface area contributed by atoms with Gasteiger partial charge in [0.1, 0.15) is 11.8 Å². The molecule has 1 saturated heterocycles. The van der Waals surface area contributed by atoms with E-state index in [1.165, 1.54) is 4.90 Å². The summed E-state index contributed by atoms with van der Waals surface area (Å²) in [7, 11) is 3.87. The van der Waals surface area contributed by atoms with E-state index >= 15 is 0 Å². The SMILES string of the molecule is Cc1ccc(C(C)(C)C)cc1/C(O)=C1\C(=O)C(=O)N(c2ccc(N(C)C)cc2)C1c1ccccn1. The number of aromatic nitrogens is 1. The van der Waals surface area contributed by atoms with E-state index < -0.39 is 17.7 Å². The number of hydrogen-bond donors (Lipinski definition) is 1. The standard InChI is InChI=1S/C29H31N3O3/c1-18-10-11-19(29(2,3)4)17-22(18)26(33)24-25(23-9-7-8-16-30-23)32(28(35)27(24)34)21-14-12-20(13-15-21)31(5)6/h7-17,25,33H,1-6H3/b26-24+. The van der Waals surface area contributed by atoms with Gasteiger partial charge in [0.25, 0.3) is 11.7 Å². The second-order valence-corrected chi connectivity index (χ2v) is 10.1. The number of amides is 1. The van der Waals surface area contributed by atoms with Gasteiger partial charge < -0.3 is 10.0 Å². The van der Waals surface area contributed by atoms with Crippen molar-refractivity contribution in [3.8, 4) is 0 Å². The highest BCUT2D eigenvalue weighted by molar-refractivity contribution is 6.51. The lowest BCUT2D eigenvalue weighted by molar-refractivity contribution is -0.132. The Morgan fingerprint density at radius 1 is 1.00 bits per heavy atom. The quantitative estimate of drug-likeness (QED) is 0.315. The van der Waals surface area contributed by atoms with Gasteiger partial charge in [-0.3, -0.25) is 19.5 Å². The minimum absolute atomic E-state index is 0.0412. The molecule has 1 aliphatic rings. The van der Waals surface area contributed by atoms with Gasteiger partial charge in [-0.1, -0.05) is 39.0 Å². The van der Waals surface area contributed by atoms with Crippen LogP contribution in [0.4, 0.5) is 11.4 Å². The lowest BCUT2D eigenvalue weighted by Crippen LogP contribution is -2.29. The summed E-state index contributed by atoms with van der Waals surface area (Å²) >= 11 is 0. The normalized spacial score (nSPS) is 17.7. The van der Waals surface area contributed by atoms with Crippen LogP contribution in [0.1, 0.15) is 49.2 Å². The van der Waals surface area contributed by atoms with Crippen LogP contribution in [0.15, 0.2) is 72.4 Å². The largest absolute Gasteiger partial charge is 0.507 e. The van der Waals surface area contributed by atoms with Crippen molar-refractivity contribution in [1.29, 1.82) is 0 Å². The first-order valence-electron chi connectivity index (χ1n) is 11.6. The van der Waals surface area contributed by atoms with E-state index in [1.54, 1.807) is 18.3 Å². The van der Waals surface area contributed by atoms with Crippen molar-refractivity contribution in [2.75, 3.05) is 23.9 Å². The van der Waals surface area contributed by atoms with Gasteiger partial charge in [0, 0.05) is 37.2 Å². The van der Waals surface area contributed by atoms with Gasteiger partial charge in [0.15, 0.2) is 0 Å². The minimum atomic E-state index is -0.848. The number of hydrogen-bond acceptors (Lipinski definition) is 5. The molecule has 0 bridgehead atoms. The Hall–Kier alpha value is -3.93. The van der Waals surface area contributed by atoms with E-state index in [4.69, 9.17) is 0 Å². The molecule has 0 spiro atoms. The summed E-state index contributed by atoms with van der Waals surface area (Å²) in [5, 5.41) is 11.5. The van der Waals surface area contributed by atoms with E-state index in [2.05, 4.69) is 25.8 Å². The number of aliphatic hydroxyl groups is 1. The van der Waals surface area contributed by atoms with E-state index in [0.717, 1.165) is 16.8 Å². The zero-order valence-electron chi connectivity index (χ0n) is 21.0. The molecule has 1 fully saturated rings. The van der Waals surface area contributed by atoms with Crippen molar-refractivity contribution in [1.82, 2.24) is 4.98 Å². The topological polar surface area (TPSA) is 73.7 Å². The molecule has 2 heterocycles. The zero-order valence-corrected chi connectivity index (χ0v) is 21.0. The third-order valence-corrected chi connectivity index (χ3v) is 6.42. The number of carbonyl (C=O) groups excluding carboxylic acids is 2. The van der Waals surface area contributed by atoms with Crippen molar-refractivity contribution in [3.63, 3.8) is 0 Å². The summed E-state index contributed by atoms with van der Waals surface area (Å²) in [5.41, 5.74) is 4.31. The summed E-state index contributed by atoms with van der Waals surface area (Å²) in [6.45, 7) is 8.15. The van der Waals surface area contributed by atoms with Crippen molar-refractivity contribution in [2.45, 2.75) is 39.2 Å². The first-order valence-corrected chi connectivity index (χ1v) is 11.6. The molecule has 6 heteroatoms. The average molecular weight is 470 g/mol. The zero-order chi connectivity index (χ0) is 25.5. The van der Waals surface area contributed by atoms with Crippen LogP contribution in [-0.4, -0.2) is 35.9 Å². The van der Waals surface area contributed by atoms with Crippen LogP contribution < -0.4 is 9.80 Å². The number of ketones is 1. The highest BCUT2D eigenvalue weighted by atomic mass is 16.3. The number of aliphatic hydroxyl groups excluding tert-OH is 1. The summed E-state index contributed by atoms with van der Waals surface area (Å²) in [6, 6.07) is 17.8. The second-order valence-electron chi connectivity index (χ2n) is 10.1. The van der Waals surface area contributed by atoms with Gasteiger partial charge in [0.05, 0.1) is 11.3 Å². The Morgan fingerprint density at radius 2 is 1.69 bits per heavy atom. The molecule has 1 amide bonds. The minimum Gasteiger partial charge on any atom is -0.507 e. The van der Waals surface area contributed by atoms with Crippen LogP contribution >= 0.6 is 0 Å². The fourth-order valence-corrected chi connectivity index (χ4v) is 4.32. The molecule has 2 aromatic carbocycles. The molecule has 1 N–H and O–H groups in total. The molecule has 180 valence electrons. The molecular formula is C29H31N3O3. The Balaban J connectivity index is 1.93. The van der Waals surface area contributed by atoms with Crippen LogP contribution in [0.5, 0.6) is 0 Å². The molecule has 0 radical (unpaired) electrons. The Bertz CT molecular complexity index is 1300. The maximum atomic E-state index is 13.4. The van der Waals surface area contributed by atoms with Gasteiger partial charge >= 0.3 is 0 Å². The lowest BCUT2D eigenvalue weighted by atomic mass is 9.84. The van der Waals surface area contributed by atoms with E-state index in [0.29, 0.717) is 16.9 Å². The fraction of sp³-hybridized carbons (Fsp3) is 0.276. The highest BCUT2D eigenvalue weighted by Gasteiger charge is 2.47. The average Bonchev–Trinajstić information content (AvgIpc) is 3.09. The molecule has 1 atom stereocenters. The number of carbonyl (C=O) groups is 2. The van der Waals surface area contributed by atoms with Crippen LogP contribution in [-0.2, 0) is 15.0 Å². The first kappa shape index (κ1) is 24.2. The molecule has 6 nitrogen and oxygen atoms in total. The van der Waals surface area contributed by atoms with Crippen LogP contribution in [0.3, 0.4) is 0 Å². The predicted molar refractivity (Wildman–Crippen MR) is 140 cm³/mol. The van der Waals surface area contributed by atoms with Crippen LogP contribution in [0.2, 0.25) is 0 Å². The predicted octanol–water partition coefficient (Wildman–Crippen LogP) is 5.38. The molecule has 1 unspecified atom stereocenters. The Labute approximate surface area is 206 Å². The van der Waals surface area contributed by atoms with Gasteiger partial charge in [-0.05, 0) is 65.9 Å². The van der Waals surface area contributed by atoms with E-state index in [9.17, 15) is 14.7 Å². The fourth-order valence-electron chi connectivity index (χ4n) is 4.32. The molecule has 3 aromatic rings. The second kappa shape index (κ2) is 9.02. The van der Waals surface area contributed by atoms with Gasteiger partial charge in [0.2, 0.25) is 0 Å². The number of aryl methyl sites for hydroxylation is 1. The molecule has 0 aliphatic carbocycles. The summed E-state index contributed by atoms with van der Waals surface area (Å²) in [5.74, 6) is -1.60. The van der Waals surface area contributed by atoms with E-state index in [-0.39, 0.29) is 16.7 Å². The molecular weight excluding hydrogens is 438 g/mol. The summed E-state index contributed by atoms with van der Waals surface area (Å²) < 4.78 is 0. The van der Waals surface area contributed by atoms with Crippen molar-refractivity contribution >= 4 is 28.8 Å². The molecule has 1 aromatic heterocycles. The van der Waals surface area contributed by atoms with Crippen LogP contribution in [0, 0.1) is 6.92 Å². The first-order chi connectivity index (χ1) is 16.5. The monoisotopic (exact) mass is 469 g/mol. The van der Waals surface area contributed by atoms with Crippen molar-refractivity contribution < 1.29 is 14.7 Å². The molecule has 1 aliphatic heterocycles. The summed E-state index contributed by atoms with van der Waals surface area (Å²) in [4.78, 5) is 34.6. The Kier molecular flexibility index (Phi) is 6.24. The maximum Gasteiger partial charge on any atom is 0.300 e. The van der Waals surface area contributed by atoms with E-state index in [1.807, 2.05) is 74.4 Å². The molecule has 35 heavy (non-hydrogen) atoms. The molecule has 0 saturated carbocycles. The maximum absolute atomic E-state index is 13.4. The lowest BCUT2D eigenvalue weighted by Gasteiger charge is -2.25. The third kappa shape index (κ3) is 4.44. The number of anilines is 2. The molecule has 4 rings (SSSR count). The van der Waals surface area contributed by atoms with Crippen molar-refractivity contribution in [3.05, 3.63) is 94.8 Å². The smallest absolute Gasteiger partial charge is 0.300 e. The number of pyridine rings is 1. The van der Waals surface area contributed by atoms with Gasteiger partial charge in [-0.2, -0.15) is 0 Å². The van der Waals surface area contributed by atoms with Gasteiger partial charge in [-0.15, -0.1) is 0 Å². The number of nitrogens with zero attached hydrogens (tertiary/aromatic N) is 3. The number of benzene rings is 2. The van der Waals surface area contributed by atoms with Crippen LogP contribution in [0.25, 0.3) is 5.76 Å². The van der Waals surface area contributed by atoms with Crippen molar-refractivity contribution in [2.24, 2.45) is 0 Å². The number of rotatable bonds is 4. The summed E-state index contributed by atoms with van der Waals surface area (Å²) in [6.07, 6.45) is 1.62. The Morgan fingerprint density at radius 3 is 2.26 bits per heavy atom. The number of Topliss-reactive ketones (excluding diaryl/α,β-unsaturated/α-hetero) is 1. The van der Waals surface area contributed by atoms with Gasteiger partial charge in [-0.25, -0.2) is 0 Å². The highest BCUT2D eigenvalue weighted by Crippen LogP contribution is 2.42.